The van der Waals surface area contributed by atoms with Crippen LogP contribution in [0.5, 0.6) is 5.75 Å². The standard InChI is InChI=1S/C24H28O3/c1-17(2)14-15-21-18(3)23(24(25)26)20(16-22(21)27-4)13-9-8-12-19-10-6-5-7-11-19/h5-7,9-11,13-14,16H,8,12,15H2,1-4H3,(H,25,26)/b13-9+. The highest BCUT2D eigenvalue weighted by atomic mass is 16.5. The maximum absolute atomic E-state index is 11.9. The van der Waals surface area contributed by atoms with Crippen LogP contribution in [0, 0.1) is 6.92 Å². The van der Waals surface area contributed by atoms with Crippen molar-refractivity contribution < 1.29 is 14.6 Å². The number of rotatable bonds is 8. The van der Waals surface area contributed by atoms with E-state index in [0.717, 1.165) is 29.7 Å². The van der Waals surface area contributed by atoms with Crippen LogP contribution in [0.4, 0.5) is 0 Å². The molecule has 0 atom stereocenters. The minimum absolute atomic E-state index is 0.351. The summed E-state index contributed by atoms with van der Waals surface area (Å²) in [5.74, 6) is -0.172. The van der Waals surface area contributed by atoms with Crippen LogP contribution in [0.1, 0.15) is 52.9 Å². The van der Waals surface area contributed by atoms with E-state index in [1.54, 1.807) is 7.11 Å². The molecule has 0 bridgehead atoms. The molecule has 0 aliphatic heterocycles. The second-order valence-electron chi connectivity index (χ2n) is 6.86. The van der Waals surface area contributed by atoms with E-state index in [2.05, 4.69) is 18.2 Å². The third kappa shape index (κ3) is 5.58. The van der Waals surface area contributed by atoms with Crippen LogP contribution < -0.4 is 4.74 Å². The minimum atomic E-state index is -0.906. The summed E-state index contributed by atoms with van der Waals surface area (Å²) in [7, 11) is 1.63. The van der Waals surface area contributed by atoms with E-state index in [-0.39, 0.29) is 0 Å². The predicted molar refractivity (Wildman–Crippen MR) is 112 cm³/mol. The molecule has 27 heavy (non-hydrogen) atoms. The van der Waals surface area contributed by atoms with Crippen LogP contribution in [0.25, 0.3) is 6.08 Å². The molecule has 0 aliphatic carbocycles. The highest BCUT2D eigenvalue weighted by molar-refractivity contribution is 5.94. The second kappa shape index (κ2) is 9.77. The fourth-order valence-corrected chi connectivity index (χ4v) is 3.12. The van der Waals surface area contributed by atoms with E-state index in [1.807, 2.05) is 57.2 Å². The third-order valence-electron chi connectivity index (χ3n) is 4.59. The van der Waals surface area contributed by atoms with Gasteiger partial charge in [0, 0.05) is 5.56 Å². The number of allylic oxidation sites excluding steroid dienone is 3. The molecule has 1 N–H and O–H groups in total. The van der Waals surface area contributed by atoms with E-state index in [9.17, 15) is 9.90 Å². The molecule has 0 aliphatic rings. The van der Waals surface area contributed by atoms with Gasteiger partial charge in [-0.25, -0.2) is 4.79 Å². The summed E-state index contributed by atoms with van der Waals surface area (Å²) in [6.07, 6.45) is 8.45. The summed E-state index contributed by atoms with van der Waals surface area (Å²) >= 11 is 0. The van der Waals surface area contributed by atoms with Crippen molar-refractivity contribution in [2.75, 3.05) is 7.11 Å². The van der Waals surface area contributed by atoms with Gasteiger partial charge in [0.1, 0.15) is 5.75 Å². The number of carboxylic acids is 1. The number of aryl methyl sites for hydroxylation is 1. The normalized spacial score (nSPS) is 10.8. The lowest BCUT2D eigenvalue weighted by molar-refractivity contribution is 0.0695. The number of aromatic carboxylic acids is 1. The van der Waals surface area contributed by atoms with Crippen molar-refractivity contribution in [3.63, 3.8) is 0 Å². The summed E-state index contributed by atoms with van der Waals surface area (Å²) in [6, 6.07) is 12.1. The van der Waals surface area contributed by atoms with E-state index < -0.39 is 5.97 Å². The summed E-state index contributed by atoms with van der Waals surface area (Å²) in [6.45, 7) is 5.93. The van der Waals surface area contributed by atoms with Crippen LogP contribution >= 0.6 is 0 Å². The summed E-state index contributed by atoms with van der Waals surface area (Å²) < 4.78 is 5.55. The molecule has 2 aromatic rings. The maximum atomic E-state index is 11.9. The Hall–Kier alpha value is -2.81. The van der Waals surface area contributed by atoms with Gasteiger partial charge in [0.15, 0.2) is 0 Å². The fraction of sp³-hybridized carbons (Fsp3) is 0.292. The first kappa shape index (κ1) is 20.5. The van der Waals surface area contributed by atoms with Gasteiger partial charge < -0.3 is 9.84 Å². The highest BCUT2D eigenvalue weighted by Crippen LogP contribution is 2.30. The molecule has 0 saturated heterocycles. The summed E-state index contributed by atoms with van der Waals surface area (Å²) in [5, 5.41) is 9.76. The van der Waals surface area contributed by atoms with E-state index in [0.29, 0.717) is 17.5 Å². The molecule has 0 aromatic heterocycles. The van der Waals surface area contributed by atoms with Gasteiger partial charge in [-0.2, -0.15) is 0 Å². The van der Waals surface area contributed by atoms with Gasteiger partial charge in [-0.15, -0.1) is 0 Å². The Balaban J connectivity index is 2.31. The zero-order valence-corrected chi connectivity index (χ0v) is 16.6. The zero-order chi connectivity index (χ0) is 19.8. The molecule has 3 heteroatoms. The van der Waals surface area contributed by atoms with Gasteiger partial charge >= 0.3 is 5.97 Å². The zero-order valence-electron chi connectivity index (χ0n) is 16.6. The molecule has 0 unspecified atom stereocenters. The monoisotopic (exact) mass is 364 g/mol. The van der Waals surface area contributed by atoms with Gasteiger partial charge in [-0.3, -0.25) is 0 Å². The molecular weight excluding hydrogens is 336 g/mol. The predicted octanol–water partition coefficient (Wildman–Crippen LogP) is 5.86. The van der Waals surface area contributed by atoms with Crippen molar-refractivity contribution in [1.82, 2.24) is 0 Å². The Morgan fingerprint density at radius 1 is 1.19 bits per heavy atom. The molecule has 0 heterocycles. The lowest BCUT2D eigenvalue weighted by atomic mass is 9.93. The van der Waals surface area contributed by atoms with Crippen molar-refractivity contribution in [2.24, 2.45) is 0 Å². The lowest BCUT2D eigenvalue weighted by Crippen LogP contribution is -2.07. The van der Waals surface area contributed by atoms with E-state index in [1.165, 1.54) is 11.1 Å². The van der Waals surface area contributed by atoms with Gasteiger partial charge in [0.2, 0.25) is 0 Å². The molecule has 0 spiro atoms. The Bertz CT molecular complexity index is 842. The number of carbonyl (C=O) groups is 1. The highest BCUT2D eigenvalue weighted by Gasteiger charge is 2.18. The number of ether oxygens (including phenoxy) is 1. The maximum Gasteiger partial charge on any atom is 0.336 e. The fourth-order valence-electron chi connectivity index (χ4n) is 3.12. The molecule has 2 aromatic carbocycles. The Morgan fingerprint density at radius 2 is 1.89 bits per heavy atom. The first-order valence-electron chi connectivity index (χ1n) is 9.21. The minimum Gasteiger partial charge on any atom is -0.496 e. The number of benzene rings is 2. The van der Waals surface area contributed by atoms with Gasteiger partial charge in [-0.05, 0) is 62.8 Å². The first-order chi connectivity index (χ1) is 12.9. The van der Waals surface area contributed by atoms with Gasteiger partial charge in [0.25, 0.3) is 0 Å². The average Bonchev–Trinajstić information content (AvgIpc) is 2.64. The number of hydrogen-bond acceptors (Lipinski definition) is 2. The quantitative estimate of drug-likeness (QED) is 0.597. The number of carboxylic acid groups (broad SMARTS) is 1. The SMILES string of the molecule is COc1cc(/C=C/CCc2ccccc2)c(C(=O)O)c(C)c1CC=C(C)C. The second-order valence-corrected chi connectivity index (χ2v) is 6.86. The Labute approximate surface area is 162 Å². The first-order valence-corrected chi connectivity index (χ1v) is 9.21. The van der Waals surface area contributed by atoms with Crippen molar-refractivity contribution in [1.29, 1.82) is 0 Å². The summed E-state index contributed by atoms with van der Waals surface area (Å²) in [4.78, 5) is 11.9. The van der Waals surface area contributed by atoms with Gasteiger partial charge in [-0.1, -0.05) is 54.1 Å². The number of methoxy groups -OCH3 is 1. The van der Waals surface area contributed by atoms with Crippen LogP contribution in [0.3, 0.4) is 0 Å². The Morgan fingerprint density at radius 3 is 2.48 bits per heavy atom. The molecule has 3 nitrogen and oxygen atoms in total. The number of hydrogen-bond donors (Lipinski definition) is 1. The molecule has 2 rings (SSSR count). The van der Waals surface area contributed by atoms with Crippen LogP contribution in [0.15, 0.2) is 54.1 Å². The molecule has 0 fully saturated rings. The van der Waals surface area contributed by atoms with Crippen molar-refractivity contribution in [2.45, 2.75) is 40.0 Å². The van der Waals surface area contributed by atoms with E-state index >= 15 is 0 Å². The average molecular weight is 364 g/mol. The third-order valence-corrected chi connectivity index (χ3v) is 4.59. The van der Waals surface area contributed by atoms with Crippen LogP contribution in [-0.2, 0) is 12.8 Å². The molecule has 0 saturated carbocycles. The topological polar surface area (TPSA) is 46.5 Å². The van der Waals surface area contributed by atoms with Crippen LogP contribution in [0.2, 0.25) is 0 Å². The molecule has 0 amide bonds. The smallest absolute Gasteiger partial charge is 0.336 e. The molecule has 0 radical (unpaired) electrons. The summed E-state index contributed by atoms with van der Waals surface area (Å²) in [5.41, 5.74) is 5.19. The van der Waals surface area contributed by atoms with Crippen molar-refractivity contribution in [3.05, 3.63) is 81.9 Å². The lowest BCUT2D eigenvalue weighted by Gasteiger charge is -2.15. The molecule has 142 valence electrons. The van der Waals surface area contributed by atoms with E-state index in [4.69, 9.17) is 4.74 Å². The van der Waals surface area contributed by atoms with Crippen LogP contribution in [-0.4, -0.2) is 18.2 Å². The molecular formula is C24H28O3. The largest absolute Gasteiger partial charge is 0.496 e. The van der Waals surface area contributed by atoms with Gasteiger partial charge in [0.05, 0.1) is 12.7 Å². The van der Waals surface area contributed by atoms with Crippen molar-refractivity contribution in [3.8, 4) is 5.75 Å². The Kier molecular flexibility index (Phi) is 7.42. The van der Waals surface area contributed by atoms with Crippen molar-refractivity contribution >= 4 is 12.0 Å².